The lowest BCUT2D eigenvalue weighted by atomic mass is 9.95. The summed E-state index contributed by atoms with van der Waals surface area (Å²) in [6, 6.07) is 7.63. The zero-order valence-electron chi connectivity index (χ0n) is 18.5. The van der Waals surface area contributed by atoms with Gasteiger partial charge in [-0.3, -0.25) is 9.79 Å². The Kier molecular flexibility index (Phi) is 11.2. The highest BCUT2D eigenvalue weighted by Crippen LogP contribution is 2.21. The number of carbonyl (C=O) groups excluding carboxylic acids is 1. The molecule has 1 aromatic carbocycles. The Balaban J connectivity index is 0.00000341. The maximum atomic E-state index is 12.7. The van der Waals surface area contributed by atoms with Gasteiger partial charge < -0.3 is 29.3 Å². The third kappa shape index (κ3) is 7.71. The van der Waals surface area contributed by atoms with Crippen LogP contribution >= 0.6 is 24.0 Å². The van der Waals surface area contributed by atoms with Crippen LogP contribution in [0, 0.1) is 5.92 Å². The van der Waals surface area contributed by atoms with Gasteiger partial charge in [-0.15, -0.1) is 24.0 Å². The molecule has 0 spiro atoms. The summed E-state index contributed by atoms with van der Waals surface area (Å²) in [7, 11) is 3.45. The molecule has 0 aliphatic carbocycles. The van der Waals surface area contributed by atoms with Gasteiger partial charge in [-0.1, -0.05) is 6.07 Å². The third-order valence-corrected chi connectivity index (χ3v) is 5.59. The summed E-state index contributed by atoms with van der Waals surface area (Å²) in [4.78, 5) is 21.3. The van der Waals surface area contributed by atoms with Crippen LogP contribution in [0.4, 0.5) is 0 Å². The van der Waals surface area contributed by atoms with Gasteiger partial charge in [0.1, 0.15) is 11.5 Å². The van der Waals surface area contributed by atoms with Crippen LogP contribution in [0.3, 0.4) is 0 Å². The molecule has 2 aliphatic rings. The molecule has 2 aliphatic heterocycles. The predicted octanol–water partition coefficient (Wildman–Crippen LogP) is 2.23. The van der Waals surface area contributed by atoms with Crippen LogP contribution in [0.5, 0.6) is 11.5 Å². The Hall–Kier alpha value is -1.75. The molecule has 0 unspecified atom stereocenters. The first-order valence-corrected chi connectivity index (χ1v) is 10.8. The van der Waals surface area contributed by atoms with Gasteiger partial charge in [0.2, 0.25) is 5.91 Å². The van der Waals surface area contributed by atoms with Gasteiger partial charge in [0.25, 0.3) is 0 Å². The molecule has 31 heavy (non-hydrogen) atoms. The number of hydrogen-bond acceptors (Lipinski definition) is 5. The number of methoxy groups -OCH3 is 1. The van der Waals surface area contributed by atoms with Gasteiger partial charge >= 0.3 is 0 Å². The number of piperidine rings is 1. The maximum absolute atomic E-state index is 12.7. The summed E-state index contributed by atoms with van der Waals surface area (Å²) in [5.41, 5.74) is 0. The van der Waals surface area contributed by atoms with E-state index in [0.717, 1.165) is 69.4 Å². The van der Waals surface area contributed by atoms with Crippen molar-refractivity contribution in [3.63, 3.8) is 0 Å². The maximum Gasteiger partial charge on any atom is 0.225 e. The van der Waals surface area contributed by atoms with Crippen LogP contribution < -0.4 is 14.8 Å². The number of benzene rings is 1. The standard InChI is InChI=1S/C22H34N4O4.HI/c1-23-22(24-9-4-14-30-20-6-3-5-19(17-20)28-2)26-10-7-18(8-11-26)21(27)25-12-15-29-16-13-25;/h3,5-6,17-18H,4,7-16H2,1-2H3,(H,23,24);1H. The quantitative estimate of drug-likeness (QED) is 0.245. The number of ether oxygens (including phenoxy) is 3. The molecule has 0 bridgehead atoms. The number of halogens is 1. The van der Waals surface area contributed by atoms with Crippen molar-refractivity contribution in [3.8, 4) is 11.5 Å². The second-order valence-corrected chi connectivity index (χ2v) is 7.55. The number of nitrogens with zero attached hydrogens (tertiary/aromatic N) is 3. The van der Waals surface area contributed by atoms with Crippen molar-refractivity contribution < 1.29 is 19.0 Å². The van der Waals surface area contributed by atoms with Crippen molar-refractivity contribution >= 4 is 35.8 Å². The molecule has 0 aromatic heterocycles. The SMILES string of the molecule is CN=C(NCCCOc1cccc(OC)c1)N1CCC(C(=O)N2CCOCC2)CC1.I. The van der Waals surface area contributed by atoms with Crippen LogP contribution in [-0.2, 0) is 9.53 Å². The summed E-state index contributed by atoms with van der Waals surface area (Å²) < 4.78 is 16.3. The minimum atomic E-state index is 0. The minimum absolute atomic E-state index is 0. The smallest absolute Gasteiger partial charge is 0.225 e. The van der Waals surface area contributed by atoms with Crippen LogP contribution in [-0.4, -0.2) is 88.4 Å². The van der Waals surface area contributed by atoms with Crippen molar-refractivity contribution in [1.29, 1.82) is 0 Å². The van der Waals surface area contributed by atoms with Crippen molar-refractivity contribution in [2.75, 3.05) is 66.7 Å². The Bertz CT molecular complexity index is 705. The minimum Gasteiger partial charge on any atom is -0.497 e. The molecule has 0 radical (unpaired) electrons. The molecule has 174 valence electrons. The molecular formula is C22H35IN4O4. The van der Waals surface area contributed by atoms with Gasteiger partial charge in [-0.25, -0.2) is 0 Å². The first kappa shape index (κ1) is 25.5. The number of rotatable bonds is 7. The Morgan fingerprint density at radius 3 is 2.55 bits per heavy atom. The van der Waals surface area contributed by atoms with Gasteiger partial charge in [0.05, 0.1) is 26.9 Å². The molecule has 1 N–H and O–H groups in total. The highest BCUT2D eigenvalue weighted by Gasteiger charge is 2.30. The summed E-state index contributed by atoms with van der Waals surface area (Å²) in [5, 5.41) is 3.41. The molecule has 0 saturated carbocycles. The van der Waals surface area contributed by atoms with E-state index in [1.165, 1.54) is 0 Å². The number of hydrogen-bond donors (Lipinski definition) is 1. The van der Waals surface area contributed by atoms with Crippen molar-refractivity contribution in [2.45, 2.75) is 19.3 Å². The van der Waals surface area contributed by atoms with E-state index in [1.807, 2.05) is 29.2 Å². The lowest BCUT2D eigenvalue weighted by molar-refractivity contribution is -0.140. The number of aliphatic imine (C=N–C) groups is 1. The first-order chi connectivity index (χ1) is 14.7. The molecule has 2 saturated heterocycles. The Morgan fingerprint density at radius 1 is 1.16 bits per heavy atom. The van der Waals surface area contributed by atoms with Crippen LogP contribution in [0.15, 0.2) is 29.3 Å². The molecule has 2 fully saturated rings. The number of nitrogens with one attached hydrogen (secondary N) is 1. The van der Waals surface area contributed by atoms with E-state index in [2.05, 4.69) is 15.2 Å². The Labute approximate surface area is 202 Å². The summed E-state index contributed by atoms with van der Waals surface area (Å²) >= 11 is 0. The van der Waals surface area contributed by atoms with Gasteiger partial charge in [-0.05, 0) is 31.4 Å². The lowest BCUT2D eigenvalue weighted by Gasteiger charge is -2.36. The first-order valence-electron chi connectivity index (χ1n) is 10.8. The third-order valence-electron chi connectivity index (χ3n) is 5.59. The fourth-order valence-electron chi connectivity index (χ4n) is 3.87. The van der Waals surface area contributed by atoms with E-state index in [9.17, 15) is 4.79 Å². The summed E-state index contributed by atoms with van der Waals surface area (Å²) in [5.74, 6) is 2.91. The Morgan fingerprint density at radius 2 is 1.87 bits per heavy atom. The largest absolute Gasteiger partial charge is 0.497 e. The highest BCUT2D eigenvalue weighted by atomic mass is 127. The number of morpholine rings is 1. The van der Waals surface area contributed by atoms with Crippen LogP contribution in [0.25, 0.3) is 0 Å². The predicted molar refractivity (Wildman–Crippen MR) is 132 cm³/mol. The fourth-order valence-corrected chi connectivity index (χ4v) is 3.87. The topological polar surface area (TPSA) is 75.6 Å². The van der Waals surface area contributed by atoms with E-state index in [4.69, 9.17) is 14.2 Å². The molecule has 1 aromatic rings. The van der Waals surface area contributed by atoms with E-state index < -0.39 is 0 Å². The molecule has 2 heterocycles. The van der Waals surface area contributed by atoms with Gasteiger partial charge in [0, 0.05) is 51.8 Å². The van der Waals surface area contributed by atoms with Crippen molar-refractivity contribution in [1.82, 2.24) is 15.1 Å². The highest BCUT2D eigenvalue weighted by molar-refractivity contribution is 14.0. The molecule has 9 heteroatoms. The zero-order valence-corrected chi connectivity index (χ0v) is 20.9. The van der Waals surface area contributed by atoms with Crippen molar-refractivity contribution in [3.05, 3.63) is 24.3 Å². The summed E-state index contributed by atoms with van der Waals surface area (Å²) in [6.45, 7) is 5.85. The zero-order chi connectivity index (χ0) is 21.2. The van der Waals surface area contributed by atoms with Gasteiger partial charge in [0.15, 0.2) is 5.96 Å². The van der Waals surface area contributed by atoms with E-state index >= 15 is 0 Å². The van der Waals surface area contributed by atoms with E-state index in [0.29, 0.717) is 19.8 Å². The number of likely N-dealkylation sites (tertiary alicyclic amines) is 1. The number of carbonyl (C=O) groups is 1. The van der Waals surface area contributed by atoms with Crippen LogP contribution in [0.1, 0.15) is 19.3 Å². The molecule has 8 nitrogen and oxygen atoms in total. The normalized spacial score (nSPS) is 17.7. The van der Waals surface area contributed by atoms with Crippen LogP contribution in [0.2, 0.25) is 0 Å². The second-order valence-electron chi connectivity index (χ2n) is 7.55. The monoisotopic (exact) mass is 546 g/mol. The van der Waals surface area contributed by atoms with Crippen molar-refractivity contribution in [2.24, 2.45) is 10.9 Å². The molecular weight excluding hydrogens is 511 g/mol. The summed E-state index contributed by atoms with van der Waals surface area (Å²) in [6.07, 6.45) is 2.61. The second kappa shape index (κ2) is 13.6. The molecule has 1 amide bonds. The van der Waals surface area contributed by atoms with E-state index in [1.54, 1.807) is 14.2 Å². The lowest BCUT2D eigenvalue weighted by Crippen LogP contribution is -2.50. The van der Waals surface area contributed by atoms with E-state index in [-0.39, 0.29) is 35.8 Å². The average molecular weight is 546 g/mol. The number of amides is 1. The molecule has 0 atom stereocenters. The fraction of sp³-hybridized carbons (Fsp3) is 0.636. The average Bonchev–Trinajstić information content (AvgIpc) is 2.82. The van der Waals surface area contributed by atoms with Gasteiger partial charge in [-0.2, -0.15) is 0 Å². The molecule has 3 rings (SSSR count). The number of guanidine groups is 1.